The number of carbonyl (C=O) groups is 1. The molecular weight excluding hydrogens is 440 g/mol. The standard InChI is InChI=1S/C22H35ClN2O5S/c1-16(7-12-20(26)22(2,3)28)13-15-25(19-6-4-5-14-24-21(19)27)31(29,30)18-10-8-17(23)9-11-18/h8-11,16,19-20,26,28H,4-7,12-15H2,1-3H3,(H,24,27)/t16?,19-,20?/m1/s1. The van der Waals surface area contributed by atoms with Crippen LogP contribution in [0.5, 0.6) is 0 Å². The highest BCUT2D eigenvalue weighted by Gasteiger charge is 2.36. The second-order valence-corrected chi connectivity index (χ2v) is 11.3. The summed E-state index contributed by atoms with van der Waals surface area (Å²) in [4.78, 5) is 12.8. The van der Waals surface area contributed by atoms with Crippen LogP contribution in [0.15, 0.2) is 29.2 Å². The summed E-state index contributed by atoms with van der Waals surface area (Å²) in [7, 11) is -3.89. The van der Waals surface area contributed by atoms with Crippen LogP contribution < -0.4 is 5.32 Å². The minimum Gasteiger partial charge on any atom is -0.390 e. The molecule has 1 aliphatic rings. The first-order valence-corrected chi connectivity index (χ1v) is 12.7. The van der Waals surface area contributed by atoms with Crippen LogP contribution in [0.1, 0.15) is 59.3 Å². The Balaban J connectivity index is 2.18. The lowest BCUT2D eigenvalue weighted by Crippen LogP contribution is -2.49. The number of carbonyl (C=O) groups excluding carboxylic acids is 1. The molecular formula is C22H35ClN2O5S. The SMILES string of the molecule is CC(CCC(O)C(C)(C)O)CCN([C@@H]1CCCCNC1=O)S(=O)(=O)c1ccc(Cl)cc1. The zero-order valence-corrected chi connectivity index (χ0v) is 20.1. The summed E-state index contributed by atoms with van der Waals surface area (Å²) in [6.07, 6.45) is 2.80. The van der Waals surface area contributed by atoms with Gasteiger partial charge in [0.05, 0.1) is 16.6 Å². The molecule has 1 aromatic carbocycles. The van der Waals surface area contributed by atoms with E-state index < -0.39 is 27.8 Å². The molecule has 0 aromatic heterocycles. The fourth-order valence-corrected chi connectivity index (χ4v) is 5.43. The van der Waals surface area contributed by atoms with Crippen LogP contribution >= 0.6 is 11.6 Å². The van der Waals surface area contributed by atoms with Crippen LogP contribution in [0.3, 0.4) is 0 Å². The summed E-state index contributed by atoms with van der Waals surface area (Å²) >= 11 is 5.92. The van der Waals surface area contributed by atoms with Gasteiger partial charge in [-0.05, 0) is 82.6 Å². The molecule has 7 nitrogen and oxygen atoms in total. The number of rotatable bonds is 10. The van der Waals surface area contributed by atoms with Crippen LogP contribution in [-0.2, 0) is 14.8 Å². The zero-order valence-electron chi connectivity index (χ0n) is 18.6. The molecule has 1 aromatic rings. The first-order chi connectivity index (χ1) is 14.4. The summed E-state index contributed by atoms with van der Waals surface area (Å²) in [5, 5.41) is 23.2. The maximum Gasteiger partial charge on any atom is 0.243 e. The largest absolute Gasteiger partial charge is 0.390 e. The summed E-state index contributed by atoms with van der Waals surface area (Å²) in [5.74, 6) is -0.158. The summed E-state index contributed by atoms with van der Waals surface area (Å²) in [5.41, 5.74) is -1.18. The fourth-order valence-electron chi connectivity index (χ4n) is 3.67. The molecule has 0 saturated carbocycles. The van der Waals surface area contributed by atoms with Gasteiger partial charge in [-0.1, -0.05) is 18.5 Å². The average molecular weight is 475 g/mol. The van der Waals surface area contributed by atoms with E-state index >= 15 is 0 Å². The minimum absolute atomic E-state index is 0.105. The first kappa shape index (κ1) is 26.1. The summed E-state index contributed by atoms with van der Waals surface area (Å²) in [6.45, 7) is 5.86. The highest BCUT2D eigenvalue weighted by Crippen LogP contribution is 2.26. The van der Waals surface area contributed by atoms with Gasteiger partial charge in [-0.25, -0.2) is 8.42 Å². The Hall–Kier alpha value is -1.19. The van der Waals surface area contributed by atoms with Crippen molar-refractivity contribution < 1.29 is 23.4 Å². The molecule has 3 N–H and O–H groups in total. The smallest absolute Gasteiger partial charge is 0.243 e. The number of aliphatic hydroxyl groups is 2. The normalized spacial score (nSPS) is 20.2. The van der Waals surface area contributed by atoms with Crippen LogP contribution in [0.2, 0.25) is 5.02 Å². The lowest BCUT2D eigenvalue weighted by Gasteiger charge is -2.30. The molecule has 2 unspecified atom stereocenters. The van der Waals surface area contributed by atoms with Gasteiger partial charge in [0.1, 0.15) is 6.04 Å². The van der Waals surface area contributed by atoms with E-state index in [9.17, 15) is 23.4 Å². The van der Waals surface area contributed by atoms with Crippen molar-refractivity contribution >= 4 is 27.5 Å². The van der Waals surface area contributed by atoms with Crippen molar-refractivity contribution in [1.82, 2.24) is 9.62 Å². The molecule has 2 rings (SSSR count). The van der Waals surface area contributed by atoms with E-state index in [0.29, 0.717) is 37.3 Å². The van der Waals surface area contributed by atoms with E-state index in [1.54, 1.807) is 13.8 Å². The number of sulfonamides is 1. The lowest BCUT2D eigenvalue weighted by molar-refractivity contribution is -0.124. The number of hydrogen-bond acceptors (Lipinski definition) is 5. The Bertz CT molecular complexity index is 823. The van der Waals surface area contributed by atoms with Crippen molar-refractivity contribution in [2.45, 2.75) is 81.9 Å². The Labute approximate surface area is 190 Å². The highest BCUT2D eigenvalue weighted by molar-refractivity contribution is 7.89. The highest BCUT2D eigenvalue weighted by atomic mass is 35.5. The Kier molecular flexibility index (Phi) is 9.33. The Morgan fingerprint density at radius 2 is 1.84 bits per heavy atom. The number of aliphatic hydroxyl groups excluding tert-OH is 1. The number of nitrogens with zero attached hydrogens (tertiary/aromatic N) is 1. The van der Waals surface area contributed by atoms with E-state index in [1.807, 2.05) is 6.92 Å². The van der Waals surface area contributed by atoms with Gasteiger partial charge in [-0.2, -0.15) is 4.31 Å². The molecule has 31 heavy (non-hydrogen) atoms. The van der Waals surface area contributed by atoms with Crippen LogP contribution in [0, 0.1) is 5.92 Å². The van der Waals surface area contributed by atoms with Gasteiger partial charge in [-0.15, -0.1) is 0 Å². The summed E-state index contributed by atoms with van der Waals surface area (Å²) in [6, 6.07) is 5.23. The summed E-state index contributed by atoms with van der Waals surface area (Å²) < 4.78 is 28.2. The number of benzene rings is 1. The van der Waals surface area contributed by atoms with Crippen LogP contribution in [-0.4, -0.2) is 59.7 Å². The zero-order chi connectivity index (χ0) is 23.2. The van der Waals surface area contributed by atoms with E-state index in [1.165, 1.54) is 28.6 Å². The number of hydrogen-bond donors (Lipinski definition) is 3. The van der Waals surface area contributed by atoms with E-state index in [0.717, 1.165) is 12.8 Å². The monoisotopic (exact) mass is 474 g/mol. The van der Waals surface area contributed by atoms with Gasteiger partial charge in [0.2, 0.25) is 15.9 Å². The lowest BCUT2D eigenvalue weighted by atomic mass is 9.92. The number of amides is 1. The fraction of sp³-hybridized carbons (Fsp3) is 0.682. The van der Waals surface area contributed by atoms with Gasteiger partial charge in [0, 0.05) is 18.1 Å². The average Bonchev–Trinajstić information content (AvgIpc) is 2.90. The quantitative estimate of drug-likeness (QED) is 0.483. The Morgan fingerprint density at radius 3 is 2.45 bits per heavy atom. The van der Waals surface area contributed by atoms with Crippen molar-refractivity contribution in [3.63, 3.8) is 0 Å². The van der Waals surface area contributed by atoms with Gasteiger partial charge in [0.15, 0.2) is 0 Å². The van der Waals surface area contributed by atoms with Crippen molar-refractivity contribution in [1.29, 1.82) is 0 Å². The molecule has 0 aliphatic carbocycles. The molecule has 3 atom stereocenters. The van der Waals surface area contributed by atoms with Crippen molar-refractivity contribution in [3.05, 3.63) is 29.3 Å². The van der Waals surface area contributed by atoms with Crippen molar-refractivity contribution in [3.8, 4) is 0 Å². The maximum absolute atomic E-state index is 13.4. The van der Waals surface area contributed by atoms with Crippen LogP contribution in [0.25, 0.3) is 0 Å². The maximum atomic E-state index is 13.4. The third kappa shape index (κ3) is 7.43. The molecule has 1 amide bonds. The predicted octanol–water partition coefficient (Wildman–Crippen LogP) is 2.94. The number of nitrogens with one attached hydrogen (secondary N) is 1. The second-order valence-electron chi connectivity index (χ2n) is 9.01. The third-order valence-electron chi connectivity index (χ3n) is 5.86. The van der Waals surface area contributed by atoms with Gasteiger partial charge in [0.25, 0.3) is 0 Å². The molecule has 0 radical (unpaired) electrons. The topological polar surface area (TPSA) is 107 Å². The molecule has 1 saturated heterocycles. The molecule has 9 heteroatoms. The Morgan fingerprint density at radius 1 is 1.19 bits per heavy atom. The predicted molar refractivity (Wildman–Crippen MR) is 121 cm³/mol. The molecule has 0 bridgehead atoms. The van der Waals surface area contributed by atoms with Crippen molar-refractivity contribution in [2.75, 3.05) is 13.1 Å². The number of halogens is 1. The van der Waals surface area contributed by atoms with Crippen molar-refractivity contribution in [2.24, 2.45) is 5.92 Å². The van der Waals surface area contributed by atoms with Gasteiger partial charge < -0.3 is 15.5 Å². The minimum atomic E-state index is -3.89. The van der Waals surface area contributed by atoms with Crippen LogP contribution in [0.4, 0.5) is 0 Å². The molecule has 0 spiro atoms. The van der Waals surface area contributed by atoms with Gasteiger partial charge >= 0.3 is 0 Å². The molecule has 1 aliphatic heterocycles. The third-order valence-corrected chi connectivity index (χ3v) is 8.04. The molecule has 176 valence electrons. The van der Waals surface area contributed by atoms with E-state index in [4.69, 9.17) is 11.6 Å². The van der Waals surface area contributed by atoms with E-state index in [-0.39, 0.29) is 23.3 Å². The van der Waals surface area contributed by atoms with Gasteiger partial charge in [-0.3, -0.25) is 4.79 Å². The van der Waals surface area contributed by atoms with E-state index in [2.05, 4.69) is 5.32 Å². The molecule has 1 fully saturated rings. The molecule has 1 heterocycles. The second kappa shape index (κ2) is 11.1. The first-order valence-electron chi connectivity index (χ1n) is 10.9.